The highest BCUT2D eigenvalue weighted by Crippen LogP contribution is 2.27. The van der Waals surface area contributed by atoms with Crippen LogP contribution < -0.4 is 10.2 Å². The predicted octanol–water partition coefficient (Wildman–Crippen LogP) is 2.50. The van der Waals surface area contributed by atoms with Crippen molar-refractivity contribution in [2.45, 2.75) is 26.3 Å². The summed E-state index contributed by atoms with van der Waals surface area (Å²) in [6.07, 6.45) is 1.25. The molecule has 106 valence electrons. The van der Waals surface area contributed by atoms with E-state index in [0.717, 1.165) is 19.6 Å². The molecule has 1 aromatic carbocycles. The maximum Gasteiger partial charge on any atom is 0.0415 e. The Kier molecular flexibility index (Phi) is 5.23. The van der Waals surface area contributed by atoms with Gasteiger partial charge in [-0.05, 0) is 45.1 Å². The van der Waals surface area contributed by atoms with E-state index in [1.165, 1.54) is 30.8 Å². The van der Waals surface area contributed by atoms with Gasteiger partial charge in [0, 0.05) is 31.4 Å². The van der Waals surface area contributed by atoms with Gasteiger partial charge in [-0.3, -0.25) is 0 Å². The highest BCUT2D eigenvalue weighted by Gasteiger charge is 2.17. The molecule has 0 aliphatic carbocycles. The van der Waals surface area contributed by atoms with Gasteiger partial charge in [0.25, 0.3) is 0 Å². The van der Waals surface area contributed by atoms with Crippen molar-refractivity contribution in [2.75, 3.05) is 44.7 Å². The van der Waals surface area contributed by atoms with Crippen LogP contribution >= 0.6 is 0 Å². The summed E-state index contributed by atoms with van der Waals surface area (Å²) in [6, 6.07) is 9.26. The minimum absolute atomic E-state index is 0.419. The smallest absolute Gasteiger partial charge is 0.0415 e. The summed E-state index contributed by atoms with van der Waals surface area (Å²) in [5.41, 5.74) is 2.83. The topological polar surface area (TPSA) is 18.5 Å². The van der Waals surface area contributed by atoms with Crippen LogP contribution in [0.1, 0.15) is 31.9 Å². The molecule has 1 saturated heterocycles. The van der Waals surface area contributed by atoms with Gasteiger partial charge >= 0.3 is 0 Å². The molecule has 1 aliphatic rings. The van der Waals surface area contributed by atoms with E-state index >= 15 is 0 Å². The average Bonchev–Trinajstić information content (AvgIpc) is 2.64. The van der Waals surface area contributed by atoms with Crippen molar-refractivity contribution in [2.24, 2.45) is 0 Å². The van der Waals surface area contributed by atoms with Gasteiger partial charge in [0.1, 0.15) is 0 Å². The van der Waals surface area contributed by atoms with Crippen LogP contribution in [0.25, 0.3) is 0 Å². The van der Waals surface area contributed by atoms with Gasteiger partial charge in [0.2, 0.25) is 0 Å². The lowest BCUT2D eigenvalue weighted by Crippen LogP contribution is -2.30. The summed E-state index contributed by atoms with van der Waals surface area (Å²) in [7, 11) is 2.22. The van der Waals surface area contributed by atoms with Crippen molar-refractivity contribution in [1.29, 1.82) is 0 Å². The maximum atomic E-state index is 3.53. The van der Waals surface area contributed by atoms with E-state index in [9.17, 15) is 0 Å². The first-order valence-electron chi connectivity index (χ1n) is 7.48. The first-order valence-corrected chi connectivity index (χ1v) is 7.48. The van der Waals surface area contributed by atoms with Gasteiger partial charge in [0.05, 0.1) is 0 Å². The molecule has 1 N–H and O–H groups in total. The van der Waals surface area contributed by atoms with Crippen LogP contribution in [0, 0.1) is 0 Å². The zero-order valence-corrected chi connectivity index (χ0v) is 12.5. The second-order valence-electron chi connectivity index (χ2n) is 5.48. The Morgan fingerprint density at radius 3 is 2.74 bits per heavy atom. The number of para-hydroxylation sites is 1. The lowest BCUT2D eigenvalue weighted by Gasteiger charge is -2.28. The van der Waals surface area contributed by atoms with E-state index < -0.39 is 0 Å². The fourth-order valence-electron chi connectivity index (χ4n) is 2.85. The number of likely N-dealkylation sites (N-methyl/N-ethyl adjacent to an activating group) is 1. The number of nitrogens with one attached hydrogen (secondary N) is 1. The third-order valence-corrected chi connectivity index (χ3v) is 3.97. The monoisotopic (exact) mass is 261 g/mol. The molecule has 0 amide bonds. The van der Waals surface area contributed by atoms with E-state index in [2.05, 4.69) is 60.3 Å². The standard InChI is InChI=1S/C16H27N3/c1-4-17-14(2)15-8-5-6-9-16(15)19-11-7-10-18(3)12-13-19/h5-6,8-9,14,17H,4,7,10-13H2,1-3H3. The lowest BCUT2D eigenvalue weighted by molar-refractivity contribution is 0.360. The molecule has 1 fully saturated rings. The number of anilines is 1. The highest BCUT2D eigenvalue weighted by molar-refractivity contribution is 5.55. The minimum atomic E-state index is 0.419. The number of rotatable bonds is 4. The summed E-state index contributed by atoms with van der Waals surface area (Å²) in [6.45, 7) is 10.1. The maximum absolute atomic E-state index is 3.53. The molecule has 3 heteroatoms. The largest absolute Gasteiger partial charge is 0.370 e. The molecule has 0 radical (unpaired) electrons. The van der Waals surface area contributed by atoms with Gasteiger partial charge in [-0.2, -0.15) is 0 Å². The van der Waals surface area contributed by atoms with Crippen molar-refractivity contribution in [1.82, 2.24) is 10.2 Å². The van der Waals surface area contributed by atoms with Crippen molar-refractivity contribution in [3.8, 4) is 0 Å². The van der Waals surface area contributed by atoms with Crippen LogP contribution in [0.4, 0.5) is 5.69 Å². The zero-order valence-electron chi connectivity index (χ0n) is 12.5. The third-order valence-electron chi connectivity index (χ3n) is 3.97. The molecule has 0 bridgehead atoms. The molecule has 0 saturated carbocycles. The Morgan fingerprint density at radius 2 is 1.95 bits per heavy atom. The van der Waals surface area contributed by atoms with Crippen LogP contribution in [0.2, 0.25) is 0 Å². The van der Waals surface area contributed by atoms with Crippen molar-refractivity contribution >= 4 is 5.69 Å². The summed E-state index contributed by atoms with van der Waals surface area (Å²) < 4.78 is 0. The Labute approximate surface area is 117 Å². The average molecular weight is 261 g/mol. The van der Waals surface area contributed by atoms with Crippen molar-refractivity contribution in [3.05, 3.63) is 29.8 Å². The van der Waals surface area contributed by atoms with Gasteiger partial charge in [-0.15, -0.1) is 0 Å². The first-order chi connectivity index (χ1) is 9.22. The molecule has 0 aromatic heterocycles. The fourth-order valence-corrected chi connectivity index (χ4v) is 2.85. The van der Waals surface area contributed by atoms with E-state index in [1.807, 2.05) is 0 Å². The van der Waals surface area contributed by atoms with Gasteiger partial charge in [-0.25, -0.2) is 0 Å². The minimum Gasteiger partial charge on any atom is -0.370 e. The van der Waals surface area contributed by atoms with Crippen LogP contribution in [0.15, 0.2) is 24.3 Å². The molecule has 19 heavy (non-hydrogen) atoms. The van der Waals surface area contributed by atoms with Crippen LogP contribution in [0.3, 0.4) is 0 Å². The van der Waals surface area contributed by atoms with E-state index in [4.69, 9.17) is 0 Å². The molecule has 1 unspecified atom stereocenters. The van der Waals surface area contributed by atoms with Gasteiger partial charge in [0.15, 0.2) is 0 Å². The molecular weight excluding hydrogens is 234 g/mol. The number of hydrogen-bond acceptors (Lipinski definition) is 3. The normalized spacial score (nSPS) is 19.2. The molecule has 1 aliphatic heterocycles. The third kappa shape index (κ3) is 3.71. The van der Waals surface area contributed by atoms with Crippen LogP contribution in [-0.2, 0) is 0 Å². The molecule has 0 spiro atoms. The molecule has 2 rings (SSSR count). The summed E-state index contributed by atoms with van der Waals surface area (Å²) in [4.78, 5) is 4.98. The Balaban J connectivity index is 2.18. The van der Waals surface area contributed by atoms with Crippen LogP contribution in [0.5, 0.6) is 0 Å². The van der Waals surface area contributed by atoms with E-state index in [0.29, 0.717) is 6.04 Å². The molecule has 1 aromatic rings. The number of nitrogens with zero attached hydrogens (tertiary/aromatic N) is 2. The first kappa shape index (κ1) is 14.4. The second-order valence-corrected chi connectivity index (χ2v) is 5.48. The summed E-state index contributed by atoms with van der Waals surface area (Å²) >= 11 is 0. The van der Waals surface area contributed by atoms with E-state index in [1.54, 1.807) is 0 Å². The number of benzene rings is 1. The Bertz CT molecular complexity index is 391. The molecule has 1 heterocycles. The SMILES string of the molecule is CCNC(C)c1ccccc1N1CCCN(C)CC1. The van der Waals surface area contributed by atoms with Crippen LogP contribution in [-0.4, -0.2) is 44.7 Å². The second kappa shape index (κ2) is 6.92. The molecule has 1 atom stereocenters. The lowest BCUT2D eigenvalue weighted by atomic mass is 10.0. The molecular formula is C16H27N3. The summed E-state index contributed by atoms with van der Waals surface area (Å²) in [5, 5.41) is 3.53. The Morgan fingerprint density at radius 1 is 1.16 bits per heavy atom. The van der Waals surface area contributed by atoms with Gasteiger partial charge < -0.3 is 15.1 Å². The zero-order chi connectivity index (χ0) is 13.7. The fraction of sp³-hybridized carbons (Fsp3) is 0.625. The highest BCUT2D eigenvalue weighted by atomic mass is 15.2. The van der Waals surface area contributed by atoms with E-state index in [-0.39, 0.29) is 0 Å². The van der Waals surface area contributed by atoms with Gasteiger partial charge in [-0.1, -0.05) is 25.1 Å². The Hall–Kier alpha value is -1.06. The quantitative estimate of drug-likeness (QED) is 0.898. The molecule has 3 nitrogen and oxygen atoms in total. The van der Waals surface area contributed by atoms with Crippen molar-refractivity contribution < 1.29 is 0 Å². The van der Waals surface area contributed by atoms with Crippen molar-refractivity contribution in [3.63, 3.8) is 0 Å². The predicted molar refractivity (Wildman–Crippen MR) is 82.9 cm³/mol. The summed E-state index contributed by atoms with van der Waals surface area (Å²) in [5.74, 6) is 0. The number of hydrogen-bond donors (Lipinski definition) is 1.